The van der Waals surface area contributed by atoms with Crippen LogP contribution in [0.4, 0.5) is 11.9 Å². The fourth-order valence-corrected chi connectivity index (χ4v) is 1.52. The van der Waals surface area contributed by atoms with Crippen LogP contribution in [-0.4, -0.2) is 30.8 Å². The van der Waals surface area contributed by atoms with E-state index < -0.39 is 0 Å². The Morgan fingerprint density at radius 3 is 2.94 bits per heavy atom. The molecule has 2 heterocycles. The highest BCUT2D eigenvalue weighted by Crippen LogP contribution is 2.23. The number of hydrogen-bond acceptors (Lipinski definition) is 6. The van der Waals surface area contributed by atoms with Crippen molar-refractivity contribution in [2.45, 2.75) is 25.8 Å². The molecule has 3 rings (SSSR count). The van der Waals surface area contributed by atoms with Crippen LogP contribution in [0.5, 0.6) is 0 Å². The zero-order valence-electron chi connectivity index (χ0n) is 9.46. The van der Waals surface area contributed by atoms with Crippen molar-refractivity contribution in [1.29, 1.82) is 0 Å². The number of aromatic nitrogens is 5. The fraction of sp³-hybridized carbons (Fsp3) is 0.400. The third-order valence-electron chi connectivity index (χ3n) is 2.55. The van der Waals surface area contributed by atoms with Gasteiger partial charge >= 0.3 is 0 Å². The van der Waals surface area contributed by atoms with E-state index in [1.807, 2.05) is 13.0 Å². The third-order valence-corrected chi connectivity index (χ3v) is 2.55. The topological polar surface area (TPSA) is 94.5 Å². The Morgan fingerprint density at radius 1 is 1.41 bits per heavy atom. The fourth-order valence-electron chi connectivity index (χ4n) is 1.52. The van der Waals surface area contributed by atoms with E-state index in [9.17, 15) is 0 Å². The maximum Gasteiger partial charge on any atom is 0.244 e. The van der Waals surface area contributed by atoms with Crippen LogP contribution >= 0.6 is 0 Å². The molecule has 2 aromatic heterocycles. The summed E-state index contributed by atoms with van der Waals surface area (Å²) >= 11 is 0. The second-order valence-corrected chi connectivity index (χ2v) is 4.14. The highest BCUT2D eigenvalue weighted by Gasteiger charge is 2.23. The lowest BCUT2D eigenvalue weighted by molar-refractivity contribution is 0.842. The second-order valence-electron chi connectivity index (χ2n) is 4.14. The largest absolute Gasteiger partial charge is 0.368 e. The highest BCUT2D eigenvalue weighted by molar-refractivity contribution is 5.39. The predicted molar refractivity (Wildman–Crippen MR) is 62.7 cm³/mol. The molecule has 0 saturated heterocycles. The number of nitrogen functional groups attached to an aromatic ring is 1. The molecule has 7 nitrogen and oxygen atoms in total. The Bertz CT molecular complexity index is 543. The standard InChI is InChI=1S/C10H13N7/c1-6-4-8(13-5-12-6)17-9(11)15-10(16-17)14-7-2-3-7/h4-5,7H,2-3H2,1H3,(H3,11,14,15,16). The normalized spacial score (nSPS) is 14.9. The van der Waals surface area contributed by atoms with Gasteiger partial charge in [-0.3, -0.25) is 0 Å². The van der Waals surface area contributed by atoms with E-state index in [0.29, 0.717) is 23.8 Å². The summed E-state index contributed by atoms with van der Waals surface area (Å²) in [6.45, 7) is 1.89. The second kappa shape index (κ2) is 3.69. The molecule has 1 aliphatic rings. The van der Waals surface area contributed by atoms with Crippen molar-refractivity contribution in [3.63, 3.8) is 0 Å². The van der Waals surface area contributed by atoms with Gasteiger partial charge in [0, 0.05) is 17.8 Å². The summed E-state index contributed by atoms with van der Waals surface area (Å²) in [5.41, 5.74) is 6.67. The van der Waals surface area contributed by atoms with Crippen molar-refractivity contribution in [2.75, 3.05) is 11.1 Å². The van der Waals surface area contributed by atoms with Gasteiger partial charge in [-0.15, -0.1) is 5.10 Å². The van der Waals surface area contributed by atoms with Gasteiger partial charge in [-0.25, -0.2) is 9.97 Å². The van der Waals surface area contributed by atoms with Gasteiger partial charge in [-0.1, -0.05) is 0 Å². The third kappa shape index (κ3) is 2.03. The molecule has 0 unspecified atom stereocenters. The minimum atomic E-state index is 0.325. The van der Waals surface area contributed by atoms with Crippen molar-refractivity contribution in [3.8, 4) is 5.82 Å². The first kappa shape index (κ1) is 10.0. The zero-order chi connectivity index (χ0) is 11.8. The van der Waals surface area contributed by atoms with E-state index in [-0.39, 0.29) is 0 Å². The van der Waals surface area contributed by atoms with E-state index in [2.05, 4.69) is 25.4 Å². The molecule has 0 bridgehead atoms. The Labute approximate surface area is 98.1 Å². The molecular weight excluding hydrogens is 218 g/mol. The van der Waals surface area contributed by atoms with Crippen LogP contribution in [0.3, 0.4) is 0 Å². The molecule has 2 aromatic rings. The van der Waals surface area contributed by atoms with Gasteiger partial charge in [0.05, 0.1) is 0 Å². The van der Waals surface area contributed by atoms with Crippen LogP contribution in [-0.2, 0) is 0 Å². The first-order valence-electron chi connectivity index (χ1n) is 5.50. The van der Waals surface area contributed by atoms with Crippen LogP contribution in [0, 0.1) is 6.92 Å². The van der Waals surface area contributed by atoms with Crippen molar-refractivity contribution in [2.24, 2.45) is 0 Å². The van der Waals surface area contributed by atoms with Crippen LogP contribution in [0.2, 0.25) is 0 Å². The summed E-state index contributed by atoms with van der Waals surface area (Å²) in [5.74, 6) is 1.51. The van der Waals surface area contributed by atoms with Gasteiger partial charge in [0.25, 0.3) is 0 Å². The molecule has 1 fully saturated rings. The average Bonchev–Trinajstić information content (AvgIpc) is 3.01. The quantitative estimate of drug-likeness (QED) is 0.799. The molecule has 0 aromatic carbocycles. The zero-order valence-corrected chi connectivity index (χ0v) is 9.46. The first-order valence-corrected chi connectivity index (χ1v) is 5.50. The van der Waals surface area contributed by atoms with Crippen LogP contribution < -0.4 is 11.1 Å². The minimum Gasteiger partial charge on any atom is -0.368 e. The van der Waals surface area contributed by atoms with Gasteiger partial charge in [0.15, 0.2) is 5.82 Å². The SMILES string of the molecule is Cc1cc(-n2nc(NC3CC3)nc2N)ncn1. The number of rotatable bonds is 3. The lowest BCUT2D eigenvalue weighted by atomic mass is 10.4. The number of nitrogens with zero attached hydrogens (tertiary/aromatic N) is 5. The summed E-state index contributed by atoms with van der Waals surface area (Å²) in [7, 11) is 0. The molecule has 0 spiro atoms. The molecule has 88 valence electrons. The predicted octanol–water partition coefficient (Wildman–Crippen LogP) is 0.522. The van der Waals surface area contributed by atoms with Crippen molar-refractivity contribution >= 4 is 11.9 Å². The smallest absolute Gasteiger partial charge is 0.244 e. The molecule has 0 amide bonds. The van der Waals surface area contributed by atoms with Gasteiger partial charge in [0.2, 0.25) is 11.9 Å². The van der Waals surface area contributed by atoms with E-state index in [0.717, 1.165) is 5.69 Å². The Balaban J connectivity index is 1.93. The molecule has 3 N–H and O–H groups in total. The summed E-state index contributed by atoms with van der Waals surface area (Å²) in [5, 5.41) is 7.48. The Hall–Kier alpha value is -2.18. The molecule has 0 aliphatic heterocycles. The lowest BCUT2D eigenvalue weighted by Crippen LogP contribution is -2.06. The number of aryl methyl sites for hydroxylation is 1. The summed E-state index contributed by atoms with van der Waals surface area (Å²) in [6.07, 6.45) is 3.82. The van der Waals surface area contributed by atoms with Crippen molar-refractivity contribution in [1.82, 2.24) is 24.7 Å². The molecule has 17 heavy (non-hydrogen) atoms. The van der Waals surface area contributed by atoms with Gasteiger partial charge in [-0.2, -0.15) is 9.67 Å². The van der Waals surface area contributed by atoms with Crippen LogP contribution in [0.25, 0.3) is 5.82 Å². The van der Waals surface area contributed by atoms with Crippen molar-refractivity contribution < 1.29 is 0 Å². The van der Waals surface area contributed by atoms with Gasteiger partial charge < -0.3 is 11.1 Å². The van der Waals surface area contributed by atoms with E-state index in [1.54, 1.807) is 0 Å². The lowest BCUT2D eigenvalue weighted by Gasteiger charge is -2.01. The summed E-state index contributed by atoms with van der Waals surface area (Å²) < 4.78 is 1.51. The van der Waals surface area contributed by atoms with Gasteiger partial charge in [0.1, 0.15) is 6.33 Å². The van der Waals surface area contributed by atoms with E-state index in [1.165, 1.54) is 23.9 Å². The Morgan fingerprint density at radius 2 is 2.24 bits per heavy atom. The highest BCUT2D eigenvalue weighted by atomic mass is 15.4. The maximum atomic E-state index is 5.81. The molecule has 7 heteroatoms. The number of hydrogen-bond donors (Lipinski definition) is 2. The number of nitrogens with one attached hydrogen (secondary N) is 1. The Kier molecular flexibility index (Phi) is 2.17. The molecular formula is C10H13N7. The summed E-state index contributed by atoms with van der Waals surface area (Å²) in [4.78, 5) is 12.3. The van der Waals surface area contributed by atoms with E-state index >= 15 is 0 Å². The number of nitrogens with two attached hydrogens (primary N) is 1. The number of anilines is 2. The first-order chi connectivity index (χ1) is 8.22. The molecule has 0 radical (unpaired) electrons. The molecule has 1 aliphatic carbocycles. The summed E-state index contributed by atoms with van der Waals surface area (Å²) in [6, 6.07) is 2.31. The maximum absolute atomic E-state index is 5.81. The van der Waals surface area contributed by atoms with Crippen LogP contribution in [0.15, 0.2) is 12.4 Å². The van der Waals surface area contributed by atoms with Crippen LogP contribution in [0.1, 0.15) is 18.5 Å². The molecule has 1 saturated carbocycles. The van der Waals surface area contributed by atoms with E-state index in [4.69, 9.17) is 5.73 Å². The molecule has 0 atom stereocenters. The average molecular weight is 231 g/mol. The monoisotopic (exact) mass is 231 g/mol. The minimum absolute atomic E-state index is 0.325. The van der Waals surface area contributed by atoms with Gasteiger partial charge in [-0.05, 0) is 19.8 Å². The van der Waals surface area contributed by atoms with Crippen molar-refractivity contribution in [3.05, 3.63) is 18.1 Å².